The van der Waals surface area contributed by atoms with Crippen molar-refractivity contribution in [3.8, 4) is 0 Å². The maximum absolute atomic E-state index is 5.02. The second kappa shape index (κ2) is 5.88. The first-order valence-electron chi connectivity index (χ1n) is 8.28. The predicted octanol–water partition coefficient (Wildman–Crippen LogP) is 5.27. The zero-order chi connectivity index (χ0) is 14.8. The third kappa shape index (κ3) is 2.58. The highest BCUT2D eigenvalue weighted by atomic mass is 32.1. The van der Waals surface area contributed by atoms with E-state index in [1.807, 2.05) is 0 Å². The Bertz CT molecular complexity index is 667. The van der Waals surface area contributed by atoms with Crippen molar-refractivity contribution in [1.29, 1.82) is 0 Å². The summed E-state index contributed by atoms with van der Waals surface area (Å²) in [6.07, 6.45) is 7.75. The Balaban J connectivity index is 1.68. The molecule has 0 bridgehead atoms. The molecule has 2 aliphatic rings. The zero-order valence-corrected chi connectivity index (χ0v) is 13.7. The number of nitrogens with one attached hydrogen (secondary N) is 1. The summed E-state index contributed by atoms with van der Waals surface area (Å²) in [7, 11) is 0. The van der Waals surface area contributed by atoms with Gasteiger partial charge in [-0.05, 0) is 42.3 Å². The van der Waals surface area contributed by atoms with E-state index in [9.17, 15) is 0 Å². The second-order valence-corrected chi connectivity index (χ2v) is 7.58. The van der Waals surface area contributed by atoms with Gasteiger partial charge in [0.1, 0.15) is 5.84 Å². The number of thiophene rings is 1. The third-order valence-electron chi connectivity index (χ3n) is 5.09. The smallest absolute Gasteiger partial charge is 0.108 e. The summed E-state index contributed by atoms with van der Waals surface area (Å²) >= 11 is 1.80. The summed E-state index contributed by atoms with van der Waals surface area (Å²) in [5, 5.41) is 5.81. The van der Waals surface area contributed by atoms with Crippen LogP contribution >= 0.6 is 11.3 Å². The topological polar surface area (TPSA) is 24.4 Å². The maximum Gasteiger partial charge on any atom is 0.108 e. The largest absolute Gasteiger partial charge is 0.343 e. The van der Waals surface area contributed by atoms with Crippen molar-refractivity contribution < 1.29 is 0 Å². The van der Waals surface area contributed by atoms with E-state index >= 15 is 0 Å². The number of hydrogen-bond donors (Lipinski definition) is 1. The summed E-state index contributed by atoms with van der Waals surface area (Å²) in [4.78, 5) is 6.36. The van der Waals surface area contributed by atoms with Crippen LogP contribution in [-0.2, 0) is 13.0 Å². The van der Waals surface area contributed by atoms with Crippen molar-refractivity contribution in [3.63, 3.8) is 0 Å². The number of anilines is 1. The monoisotopic (exact) mass is 310 g/mol. The molecule has 1 aliphatic heterocycles. The predicted molar refractivity (Wildman–Crippen MR) is 94.7 cm³/mol. The highest BCUT2D eigenvalue weighted by Gasteiger charge is 2.40. The molecule has 1 spiro atoms. The SMILES string of the molecule is c1csc(CN=C2Nc3ccccc3CC23CCCCC3)c1. The number of benzene rings is 1. The number of hydrogen-bond acceptors (Lipinski definition) is 2. The lowest BCUT2D eigenvalue weighted by Crippen LogP contribution is -2.43. The fourth-order valence-corrected chi connectivity index (χ4v) is 4.54. The van der Waals surface area contributed by atoms with E-state index in [0.29, 0.717) is 0 Å². The minimum atomic E-state index is 0.254. The highest BCUT2D eigenvalue weighted by Crippen LogP contribution is 2.45. The lowest BCUT2D eigenvalue weighted by molar-refractivity contribution is 0.278. The number of nitrogens with zero attached hydrogens (tertiary/aromatic N) is 1. The van der Waals surface area contributed by atoms with Crippen LogP contribution in [0.5, 0.6) is 0 Å². The van der Waals surface area contributed by atoms with Crippen LogP contribution in [0.3, 0.4) is 0 Å². The lowest BCUT2D eigenvalue weighted by Gasteiger charge is -2.42. The molecule has 4 rings (SSSR count). The molecule has 1 aliphatic carbocycles. The molecule has 0 saturated heterocycles. The van der Waals surface area contributed by atoms with Gasteiger partial charge in [0.25, 0.3) is 0 Å². The molecule has 2 nitrogen and oxygen atoms in total. The van der Waals surface area contributed by atoms with Crippen LogP contribution in [-0.4, -0.2) is 5.84 Å². The van der Waals surface area contributed by atoms with Gasteiger partial charge in [-0.3, -0.25) is 4.99 Å². The van der Waals surface area contributed by atoms with E-state index in [4.69, 9.17) is 4.99 Å². The van der Waals surface area contributed by atoms with E-state index < -0.39 is 0 Å². The number of aliphatic imine (C=N–C) groups is 1. The summed E-state index contributed by atoms with van der Waals surface area (Å²) in [5.74, 6) is 1.24. The number of para-hydroxylation sites is 1. The summed E-state index contributed by atoms with van der Waals surface area (Å²) < 4.78 is 0. The maximum atomic E-state index is 5.02. The standard InChI is InChI=1S/C19H22N2S/c1-4-10-19(11-5-1)13-15-7-2-3-9-17(15)21-18(19)20-14-16-8-6-12-22-16/h2-3,6-9,12H,1,4-5,10-11,13-14H2,(H,20,21). The molecule has 0 radical (unpaired) electrons. The summed E-state index contributed by atoms with van der Waals surface area (Å²) in [6, 6.07) is 13.0. The van der Waals surface area contributed by atoms with Gasteiger partial charge in [-0.1, -0.05) is 43.5 Å². The fraction of sp³-hybridized carbons (Fsp3) is 0.421. The first kappa shape index (κ1) is 14.0. The molecule has 1 fully saturated rings. The molecule has 22 heavy (non-hydrogen) atoms. The van der Waals surface area contributed by atoms with Gasteiger partial charge in [0.05, 0.1) is 6.54 Å². The van der Waals surface area contributed by atoms with Crippen molar-refractivity contribution >= 4 is 22.9 Å². The molecule has 1 saturated carbocycles. The van der Waals surface area contributed by atoms with E-state index in [1.54, 1.807) is 11.3 Å². The highest BCUT2D eigenvalue weighted by molar-refractivity contribution is 7.09. The van der Waals surface area contributed by atoms with Crippen LogP contribution in [0.2, 0.25) is 0 Å². The molecule has 0 unspecified atom stereocenters. The van der Waals surface area contributed by atoms with Gasteiger partial charge < -0.3 is 5.32 Å². The van der Waals surface area contributed by atoms with E-state index in [1.165, 1.54) is 54.1 Å². The second-order valence-electron chi connectivity index (χ2n) is 6.54. The van der Waals surface area contributed by atoms with Crippen LogP contribution in [0.25, 0.3) is 0 Å². The molecular weight excluding hydrogens is 288 g/mol. The fourth-order valence-electron chi connectivity index (χ4n) is 3.91. The zero-order valence-electron chi connectivity index (χ0n) is 12.8. The molecular formula is C19H22N2S. The van der Waals surface area contributed by atoms with Gasteiger partial charge in [-0.25, -0.2) is 0 Å². The molecule has 1 N–H and O–H groups in total. The van der Waals surface area contributed by atoms with Crippen molar-refractivity contribution in [2.75, 3.05) is 5.32 Å². The molecule has 1 aromatic carbocycles. The quantitative estimate of drug-likeness (QED) is 0.803. The number of rotatable bonds is 2. The first-order chi connectivity index (χ1) is 10.9. The first-order valence-corrected chi connectivity index (χ1v) is 9.16. The van der Waals surface area contributed by atoms with Gasteiger partial charge in [0.2, 0.25) is 0 Å². The molecule has 2 aromatic rings. The molecule has 0 amide bonds. The van der Waals surface area contributed by atoms with Crippen LogP contribution < -0.4 is 5.32 Å². The normalized spacial score (nSPS) is 21.5. The average Bonchev–Trinajstić information content (AvgIpc) is 3.07. The Morgan fingerprint density at radius 3 is 2.73 bits per heavy atom. The van der Waals surface area contributed by atoms with E-state index in [-0.39, 0.29) is 5.41 Å². The Morgan fingerprint density at radius 2 is 1.91 bits per heavy atom. The van der Waals surface area contributed by atoms with Crippen molar-refractivity contribution in [2.45, 2.75) is 45.1 Å². The van der Waals surface area contributed by atoms with Crippen molar-refractivity contribution in [3.05, 3.63) is 52.2 Å². The Hall–Kier alpha value is -1.61. The van der Waals surface area contributed by atoms with Gasteiger partial charge in [0, 0.05) is 16.0 Å². The Morgan fingerprint density at radius 1 is 1.05 bits per heavy atom. The van der Waals surface area contributed by atoms with Gasteiger partial charge in [-0.2, -0.15) is 0 Å². The minimum absolute atomic E-state index is 0.254. The lowest BCUT2D eigenvalue weighted by atomic mass is 9.67. The molecule has 3 heteroatoms. The summed E-state index contributed by atoms with van der Waals surface area (Å²) in [5.41, 5.74) is 2.97. The van der Waals surface area contributed by atoms with Gasteiger partial charge >= 0.3 is 0 Å². The van der Waals surface area contributed by atoms with Gasteiger partial charge in [-0.15, -0.1) is 11.3 Å². The third-order valence-corrected chi connectivity index (χ3v) is 5.95. The van der Waals surface area contributed by atoms with Crippen LogP contribution in [0, 0.1) is 5.41 Å². The number of fused-ring (bicyclic) bond motifs is 1. The van der Waals surface area contributed by atoms with Crippen molar-refractivity contribution in [1.82, 2.24) is 0 Å². The molecule has 114 valence electrons. The summed E-state index contributed by atoms with van der Waals surface area (Å²) in [6.45, 7) is 0.809. The Labute approximate surface area is 136 Å². The van der Waals surface area contributed by atoms with E-state index in [2.05, 4.69) is 47.1 Å². The molecule has 0 atom stereocenters. The molecule has 2 heterocycles. The Kier molecular flexibility index (Phi) is 3.75. The van der Waals surface area contributed by atoms with Crippen molar-refractivity contribution in [2.24, 2.45) is 10.4 Å². The number of amidine groups is 1. The van der Waals surface area contributed by atoms with Crippen LogP contribution in [0.1, 0.15) is 42.5 Å². The average molecular weight is 310 g/mol. The van der Waals surface area contributed by atoms with E-state index in [0.717, 1.165) is 13.0 Å². The minimum Gasteiger partial charge on any atom is -0.343 e. The molecule has 1 aromatic heterocycles. The van der Waals surface area contributed by atoms with Crippen LogP contribution in [0.4, 0.5) is 5.69 Å². The van der Waals surface area contributed by atoms with Crippen LogP contribution in [0.15, 0.2) is 46.8 Å². The van der Waals surface area contributed by atoms with Gasteiger partial charge in [0.15, 0.2) is 0 Å².